The Morgan fingerprint density at radius 3 is 2.27 bits per heavy atom. The average Bonchev–Trinajstić information content (AvgIpc) is 2.91. The van der Waals surface area contributed by atoms with Crippen LogP contribution < -0.4 is 21.1 Å². The fraction of sp³-hybridized carbons (Fsp3) is 0.419. The Morgan fingerprint density at radius 1 is 1.05 bits per heavy atom. The minimum atomic E-state index is -1.38. The zero-order valence-electron chi connectivity index (χ0n) is 24.4. The maximum atomic E-state index is 14.1. The lowest BCUT2D eigenvalue weighted by Gasteiger charge is -2.34. The standard InChI is InChI=1S/C31H40N4O6/c1-7-9-12-19-35(29(38)25(20-26(32)36)34-30(39)41-31(3,4)5)27(24-14-11-10-13-21(24)8-2)28(37)33-22-15-17-23(40-6)18-16-22/h2,10-11,13-18,25,27H,7,9,12,19-20H2,1,3-6H3,(H2,32,36)(H,33,37)(H,34,39). The molecule has 0 saturated heterocycles. The number of carbonyl (C=O) groups is 4. The summed E-state index contributed by atoms with van der Waals surface area (Å²) in [5.41, 5.74) is 5.92. The van der Waals surface area contributed by atoms with Gasteiger partial charge < -0.3 is 30.7 Å². The Labute approximate surface area is 241 Å². The van der Waals surface area contributed by atoms with Gasteiger partial charge in [-0.2, -0.15) is 0 Å². The minimum absolute atomic E-state index is 0.150. The quantitative estimate of drug-likeness (QED) is 0.247. The van der Waals surface area contributed by atoms with E-state index in [4.69, 9.17) is 21.6 Å². The predicted molar refractivity (Wildman–Crippen MR) is 157 cm³/mol. The van der Waals surface area contributed by atoms with E-state index < -0.39 is 47.9 Å². The first-order valence-corrected chi connectivity index (χ1v) is 13.5. The molecule has 0 aliphatic rings. The molecule has 0 aliphatic heterocycles. The fourth-order valence-corrected chi connectivity index (χ4v) is 4.15. The first kappa shape index (κ1) is 32.7. The van der Waals surface area contributed by atoms with Gasteiger partial charge in [0, 0.05) is 17.8 Å². The SMILES string of the molecule is C#Cc1ccccc1C(C(=O)Nc1ccc(OC)cc1)N(CCCCC)C(=O)C(CC(N)=O)NC(=O)OC(C)(C)C. The van der Waals surface area contributed by atoms with Crippen LogP contribution in [-0.2, 0) is 19.1 Å². The van der Waals surface area contributed by atoms with E-state index in [2.05, 4.69) is 16.6 Å². The summed E-state index contributed by atoms with van der Waals surface area (Å²) in [5.74, 6) is 1.19. The van der Waals surface area contributed by atoms with Crippen molar-refractivity contribution in [2.24, 2.45) is 5.73 Å². The van der Waals surface area contributed by atoms with Crippen molar-refractivity contribution in [3.63, 3.8) is 0 Å². The van der Waals surface area contributed by atoms with Crippen LogP contribution in [0.1, 0.15) is 70.5 Å². The molecule has 0 heterocycles. The number of unbranched alkanes of at least 4 members (excludes halogenated alkanes) is 2. The highest BCUT2D eigenvalue weighted by Gasteiger charge is 2.37. The first-order chi connectivity index (χ1) is 19.4. The fourth-order valence-electron chi connectivity index (χ4n) is 4.15. The van der Waals surface area contributed by atoms with E-state index in [1.54, 1.807) is 69.3 Å². The molecule has 41 heavy (non-hydrogen) atoms. The number of nitrogens with two attached hydrogens (primary N) is 1. The molecule has 0 fully saturated rings. The molecule has 2 unspecified atom stereocenters. The minimum Gasteiger partial charge on any atom is -0.497 e. The van der Waals surface area contributed by atoms with Crippen LogP contribution in [0.25, 0.3) is 0 Å². The number of ether oxygens (including phenoxy) is 2. The molecule has 0 aromatic heterocycles. The van der Waals surface area contributed by atoms with Crippen molar-refractivity contribution < 1.29 is 28.7 Å². The molecule has 220 valence electrons. The monoisotopic (exact) mass is 564 g/mol. The summed E-state index contributed by atoms with van der Waals surface area (Å²) < 4.78 is 10.5. The van der Waals surface area contributed by atoms with Gasteiger partial charge in [0.25, 0.3) is 5.91 Å². The van der Waals surface area contributed by atoms with Crippen molar-refractivity contribution in [3.05, 3.63) is 59.7 Å². The third-order valence-corrected chi connectivity index (χ3v) is 6.01. The molecule has 10 heteroatoms. The molecular formula is C31H40N4O6. The highest BCUT2D eigenvalue weighted by Crippen LogP contribution is 2.28. The molecule has 0 saturated carbocycles. The largest absolute Gasteiger partial charge is 0.497 e. The van der Waals surface area contributed by atoms with Gasteiger partial charge in [0.15, 0.2) is 0 Å². The molecule has 10 nitrogen and oxygen atoms in total. The summed E-state index contributed by atoms with van der Waals surface area (Å²) in [6, 6.07) is 11.0. The maximum Gasteiger partial charge on any atom is 0.408 e. The van der Waals surface area contributed by atoms with Crippen LogP contribution >= 0.6 is 0 Å². The second kappa shape index (κ2) is 15.3. The van der Waals surface area contributed by atoms with E-state index in [0.29, 0.717) is 29.0 Å². The third-order valence-electron chi connectivity index (χ3n) is 6.01. The highest BCUT2D eigenvalue weighted by atomic mass is 16.6. The van der Waals surface area contributed by atoms with Gasteiger partial charge in [0.05, 0.1) is 13.5 Å². The Morgan fingerprint density at radius 2 is 1.71 bits per heavy atom. The predicted octanol–water partition coefficient (Wildman–Crippen LogP) is 4.14. The Hall–Kier alpha value is -4.52. The van der Waals surface area contributed by atoms with Crippen molar-refractivity contribution in [2.75, 3.05) is 19.0 Å². The second-order valence-electron chi connectivity index (χ2n) is 10.5. The topological polar surface area (TPSA) is 140 Å². The van der Waals surface area contributed by atoms with Crippen molar-refractivity contribution in [2.45, 2.75) is 71.1 Å². The van der Waals surface area contributed by atoms with Gasteiger partial charge in [-0.05, 0) is 63.1 Å². The molecule has 0 spiro atoms. The Balaban J connectivity index is 2.59. The van der Waals surface area contributed by atoms with Gasteiger partial charge in [-0.1, -0.05) is 43.9 Å². The number of nitrogens with one attached hydrogen (secondary N) is 2. The van der Waals surface area contributed by atoms with Gasteiger partial charge in [-0.15, -0.1) is 6.42 Å². The highest BCUT2D eigenvalue weighted by molar-refractivity contribution is 6.00. The van der Waals surface area contributed by atoms with Crippen molar-refractivity contribution >= 4 is 29.5 Å². The van der Waals surface area contributed by atoms with E-state index in [0.717, 1.165) is 12.8 Å². The van der Waals surface area contributed by atoms with Crippen molar-refractivity contribution in [3.8, 4) is 18.1 Å². The second-order valence-corrected chi connectivity index (χ2v) is 10.5. The number of hydrogen-bond acceptors (Lipinski definition) is 6. The van der Waals surface area contributed by atoms with Crippen LogP contribution in [0.4, 0.5) is 10.5 Å². The van der Waals surface area contributed by atoms with Crippen molar-refractivity contribution in [1.82, 2.24) is 10.2 Å². The van der Waals surface area contributed by atoms with Gasteiger partial charge in [-0.25, -0.2) is 4.79 Å². The third kappa shape index (κ3) is 10.2. The molecule has 0 aliphatic carbocycles. The maximum absolute atomic E-state index is 14.1. The molecule has 2 aromatic rings. The number of anilines is 1. The van der Waals surface area contributed by atoms with Crippen LogP contribution in [0.5, 0.6) is 5.75 Å². The number of amides is 4. The molecule has 4 amide bonds. The molecule has 2 atom stereocenters. The smallest absolute Gasteiger partial charge is 0.408 e. The zero-order chi connectivity index (χ0) is 30.6. The number of carbonyl (C=O) groups excluding carboxylic acids is 4. The molecule has 0 bridgehead atoms. The number of rotatable bonds is 13. The summed E-state index contributed by atoms with van der Waals surface area (Å²) >= 11 is 0. The lowest BCUT2D eigenvalue weighted by molar-refractivity contribution is -0.142. The van der Waals surface area contributed by atoms with Gasteiger partial charge in [0.2, 0.25) is 11.8 Å². The van der Waals surface area contributed by atoms with E-state index in [9.17, 15) is 19.2 Å². The van der Waals surface area contributed by atoms with E-state index in [-0.39, 0.29) is 6.54 Å². The number of primary amides is 1. The number of hydrogen-bond donors (Lipinski definition) is 3. The number of methoxy groups -OCH3 is 1. The Bertz CT molecular complexity index is 1250. The summed E-state index contributed by atoms with van der Waals surface area (Å²) in [6.07, 6.45) is 6.58. The van der Waals surface area contributed by atoms with Crippen LogP contribution in [0, 0.1) is 12.3 Å². The molecule has 4 N–H and O–H groups in total. The summed E-state index contributed by atoms with van der Waals surface area (Å²) in [7, 11) is 1.54. The normalized spacial score (nSPS) is 12.3. The Kier molecular flexibility index (Phi) is 12.2. The molecule has 2 aromatic carbocycles. The molecular weight excluding hydrogens is 524 g/mol. The number of benzene rings is 2. The van der Waals surface area contributed by atoms with E-state index >= 15 is 0 Å². The lowest BCUT2D eigenvalue weighted by Crippen LogP contribution is -2.53. The van der Waals surface area contributed by atoms with Gasteiger partial charge in [-0.3, -0.25) is 14.4 Å². The average molecular weight is 565 g/mol. The van der Waals surface area contributed by atoms with Gasteiger partial charge >= 0.3 is 6.09 Å². The van der Waals surface area contributed by atoms with Crippen LogP contribution in [-0.4, -0.2) is 54.0 Å². The van der Waals surface area contributed by atoms with Crippen LogP contribution in [0.15, 0.2) is 48.5 Å². The zero-order valence-corrected chi connectivity index (χ0v) is 24.4. The summed E-state index contributed by atoms with van der Waals surface area (Å²) in [6.45, 7) is 7.17. The molecule has 2 rings (SSSR count). The van der Waals surface area contributed by atoms with E-state index in [1.165, 1.54) is 12.0 Å². The summed E-state index contributed by atoms with van der Waals surface area (Å²) in [5, 5.41) is 5.33. The molecule has 0 radical (unpaired) electrons. The van der Waals surface area contributed by atoms with Crippen LogP contribution in [0.2, 0.25) is 0 Å². The number of nitrogens with zero attached hydrogens (tertiary/aromatic N) is 1. The lowest BCUT2D eigenvalue weighted by atomic mass is 9.96. The first-order valence-electron chi connectivity index (χ1n) is 13.5. The summed E-state index contributed by atoms with van der Waals surface area (Å²) in [4.78, 5) is 54.0. The number of alkyl carbamates (subject to hydrolysis) is 1. The van der Waals surface area contributed by atoms with Crippen LogP contribution in [0.3, 0.4) is 0 Å². The number of terminal acetylenes is 1. The van der Waals surface area contributed by atoms with Crippen molar-refractivity contribution in [1.29, 1.82) is 0 Å². The van der Waals surface area contributed by atoms with Gasteiger partial charge in [0.1, 0.15) is 23.4 Å². The van der Waals surface area contributed by atoms with E-state index in [1.807, 2.05) is 6.92 Å².